The number of aromatic amines is 1. The molecule has 92 valence electrons. The quantitative estimate of drug-likeness (QED) is 0.710. The molecule has 0 aromatic carbocycles. The number of aryl methyl sites for hydroxylation is 1. The second-order valence-corrected chi connectivity index (χ2v) is 4.69. The van der Waals surface area contributed by atoms with Gasteiger partial charge in [-0.25, -0.2) is 4.98 Å². The maximum Gasteiger partial charge on any atom is 0.276 e. The lowest BCUT2D eigenvalue weighted by Gasteiger charge is -2.26. The van der Waals surface area contributed by atoms with Gasteiger partial charge in [-0.05, 0) is 19.3 Å². The van der Waals surface area contributed by atoms with E-state index in [1.807, 2.05) is 13.8 Å². The summed E-state index contributed by atoms with van der Waals surface area (Å²) in [5, 5.41) is 5.62. The average Bonchev–Trinajstić information content (AvgIpc) is 2.20. The van der Waals surface area contributed by atoms with Crippen LogP contribution in [-0.4, -0.2) is 21.9 Å². The molecule has 3 N–H and O–H groups in total. The molecule has 0 aliphatic carbocycles. The van der Waals surface area contributed by atoms with Crippen molar-refractivity contribution in [1.82, 2.24) is 9.97 Å². The topological polar surface area (TPSA) is 86.9 Å². The van der Waals surface area contributed by atoms with Crippen LogP contribution in [0.3, 0.4) is 0 Å². The van der Waals surface area contributed by atoms with Crippen LogP contribution in [0.4, 0.5) is 11.5 Å². The molecule has 0 bridgehead atoms. The maximum atomic E-state index is 11.8. The first-order valence-corrected chi connectivity index (χ1v) is 5.65. The van der Waals surface area contributed by atoms with E-state index in [0.29, 0.717) is 24.0 Å². The predicted molar refractivity (Wildman–Crippen MR) is 65.1 cm³/mol. The molecule has 6 heteroatoms. The Labute approximate surface area is 98.8 Å². The van der Waals surface area contributed by atoms with Gasteiger partial charge in [-0.3, -0.25) is 9.59 Å². The van der Waals surface area contributed by atoms with E-state index >= 15 is 0 Å². The van der Waals surface area contributed by atoms with Gasteiger partial charge in [0.2, 0.25) is 5.91 Å². The lowest BCUT2D eigenvalue weighted by Crippen LogP contribution is -2.42. The van der Waals surface area contributed by atoms with Crippen molar-refractivity contribution in [3.63, 3.8) is 0 Å². The van der Waals surface area contributed by atoms with Gasteiger partial charge in [0.15, 0.2) is 5.82 Å². The molecular weight excluding hydrogens is 220 g/mol. The highest BCUT2D eigenvalue weighted by atomic mass is 16.2. The van der Waals surface area contributed by atoms with Crippen molar-refractivity contribution in [3.05, 3.63) is 16.2 Å². The molecule has 1 aromatic rings. The van der Waals surface area contributed by atoms with Crippen LogP contribution in [0.25, 0.3) is 0 Å². The number of H-pyrrole nitrogens is 1. The van der Waals surface area contributed by atoms with Gasteiger partial charge >= 0.3 is 0 Å². The number of aromatic nitrogens is 2. The number of carbonyl (C=O) groups excluding carboxylic acids is 1. The summed E-state index contributed by atoms with van der Waals surface area (Å²) in [4.78, 5) is 30.1. The fourth-order valence-electron chi connectivity index (χ4n) is 1.88. The summed E-state index contributed by atoms with van der Waals surface area (Å²) in [5.41, 5.74) is -0.114. The zero-order valence-corrected chi connectivity index (χ0v) is 10.1. The highest BCUT2D eigenvalue weighted by molar-refractivity contribution is 6.01. The Bertz CT molecular complexity index is 507. The van der Waals surface area contributed by atoms with Crippen molar-refractivity contribution in [2.24, 2.45) is 5.92 Å². The number of nitrogens with one attached hydrogen (secondary N) is 3. The van der Waals surface area contributed by atoms with Gasteiger partial charge in [0.1, 0.15) is 17.6 Å². The summed E-state index contributed by atoms with van der Waals surface area (Å²) in [6.07, 6.45) is 0.707. The predicted octanol–water partition coefficient (Wildman–Crippen LogP) is 0.857. The molecule has 6 nitrogen and oxygen atoms in total. The van der Waals surface area contributed by atoms with E-state index in [0.717, 1.165) is 0 Å². The Hall–Kier alpha value is -1.85. The van der Waals surface area contributed by atoms with Crippen LogP contribution >= 0.6 is 0 Å². The number of nitrogens with zero attached hydrogens (tertiary/aromatic N) is 1. The van der Waals surface area contributed by atoms with Crippen LogP contribution < -0.4 is 16.2 Å². The van der Waals surface area contributed by atoms with Crippen LogP contribution in [-0.2, 0) is 4.79 Å². The zero-order chi connectivity index (χ0) is 12.6. The third-order valence-electron chi connectivity index (χ3n) is 2.62. The molecule has 17 heavy (non-hydrogen) atoms. The van der Waals surface area contributed by atoms with Gasteiger partial charge in [-0.15, -0.1) is 0 Å². The van der Waals surface area contributed by atoms with Crippen LogP contribution in [0.2, 0.25) is 0 Å². The van der Waals surface area contributed by atoms with Crippen molar-refractivity contribution in [2.75, 3.05) is 10.6 Å². The van der Waals surface area contributed by atoms with E-state index in [1.165, 1.54) is 0 Å². The van der Waals surface area contributed by atoms with E-state index in [4.69, 9.17) is 0 Å². The monoisotopic (exact) mass is 236 g/mol. The highest BCUT2D eigenvalue weighted by Crippen LogP contribution is 2.22. The Morgan fingerprint density at radius 3 is 2.71 bits per heavy atom. The van der Waals surface area contributed by atoms with Gasteiger partial charge in [-0.2, -0.15) is 0 Å². The fourth-order valence-corrected chi connectivity index (χ4v) is 1.88. The molecule has 0 spiro atoms. The number of hydrogen-bond acceptors (Lipinski definition) is 4. The normalized spacial score (nSPS) is 18.6. The van der Waals surface area contributed by atoms with E-state index in [2.05, 4.69) is 20.6 Å². The third-order valence-corrected chi connectivity index (χ3v) is 2.62. The Morgan fingerprint density at radius 2 is 2.06 bits per heavy atom. The number of fused-ring (bicyclic) bond motifs is 1. The van der Waals surface area contributed by atoms with Gasteiger partial charge in [0, 0.05) is 0 Å². The largest absolute Gasteiger partial charge is 0.356 e. The molecule has 2 rings (SSSR count). The first-order chi connectivity index (χ1) is 7.97. The van der Waals surface area contributed by atoms with Crippen molar-refractivity contribution in [1.29, 1.82) is 0 Å². The Kier molecular flexibility index (Phi) is 2.87. The van der Waals surface area contributed by atoms with Crippen molar-refractivity contribution < 1.29 is 4.79 Å². The number of amides is 1. The lowest BCUT2D eigenvalue weighted by atomic mass is 10.0. The minimum atomic E-state index is -0.323. The highest BCUT2D eigenvalue weighted by Gasteiger charge is 2.28. The van der Waals surface area contributed by atoms with Crippen LogP contribution in [0.15, 0.2) is 4.79 Å². The van der Waals surface area contributed by atoms with Gasteiger partial charge in [-0.1, -0.05) is 13.8 Å². The summed E-state index contributed by atoms with van der Waals surface area (Å²) >= 11 is 0. The molecule has 0 saturated heterocycles. The first-order valence-electron chi connectivity index (χ1n) is 5.65. The van der Waals surface area contributed by atoms with Gasteiger partial charge in [0.25, 0.3) is 5.56 Å². The SMILES string of the molecule is Cc1nc2c(c(=O)[nH]1)NC(=O)[C@H](CC(C)C)N2. The minimum absolute atomic E-state index is 0.178. The fraction of sp³-hybridized carbons (Fsp3) is 0.545. The molecule has 1 aromatic heterocycles. The van der Waals surface area contributed by atoms with E-state index < -0.39 is 0 Å². The first kappa shape index (κ1) is 11.6. The molecule has 1 amide bonds. The molecule has 2 heterocycles. The molecule has 1 aliphatic heterocycles. The number of rotatable bonds is 2. The second kappa shape index (κ2) is 4.20. The third kappa shape index (κ3) is 2.30. The summed E-state index contributed by atoms with van der Waals surface area (Å²) in [6.45, 7) is 5.79. The minimum Gasteiger partial charge on any atom is -0.356 e. The molecule has 1 atom stereocenters. The van der Waals surface area contributed by atoms with Crippen LogP contribution in [0, 0.1) is 12.8 Å². The van der Waals surface area contributed by atoms with Crippen molar-refractivity contribution >= 4 is 17.4 Å². The molecule has 0 saturated carbocycles. The molecule has 0 unspecified atom stereocenters. The van der Waals surface area contributed by atoms with E-state index in [9.17, 15) is 9.59 Å². The molecular formula is C11H16N4O2. The van der Waals surface area contributed by atoms with Gasteiger partial charge in [0.05, 0.1) is 0 Å². The molecule has 0 fully saturated rings. The summed E-state index contributed by atoms with van der Waals surface area (Å²) in [5.74, 6) is 1.20. The number of anilines is 2. The second-order valence-electron chi connectivity index (χ2n) is 4.69. The van der Waals surface area contributed by atoms with Crippen LogP contribution in [0.5, 0.6) is 0 Å². The number of hydrogen-bond donors (Lipinski definition) is 3. The zero-order valence-electron chi connectivity index (χ0n) is 10.1. The number of carbonyl (C=O) groups is 1. The van der Waals surface area contributed by atoms with Gasteiger partial charge < -0.3 is 15.6 Å². The van der Waals surface area contributed by atoms with Crippen molar-refractivity contribution in [3.8, 4) is 0 Å². The van der Waals surface area contributed by atoms with Crippen LogP contribution in [0.1, 0.15) is 26.1 Å². The van der Waals surface area contributed by atoms with Crippen molar-refractivity contribution in [2.45, 2.75) is 33.2 Å². The van der Waals surface area contributed by atoms with E-state index in [1.54, 1.807) is 6.92 Å². The maximum absolute atomic E-state index is 11.8. The molecule has 1 aliphatic rings. The average molecular weight is 236 g/mol. The Morgan fingerprint density at radius 1 is 1.35 bits per heavy atom. The molecule has 0 radical (unpaired) electrons. The lowest BCUT2D eigenvalue weighted by molar-refractivity contribution is -0.117. The standard InChI is InChI=1S/C11H16N4O2/c1-5(2)4-7-10(16)15-8-9(14-7)12-6(3)13-11(8)17/h5,7H,4H2,1-3H3,(H,15,16)(H2,12,13,14,17)/t7-/m0/s1. The summed E-state index contributed by atoms with van der Waals surface area (Å²) in [6, 6.07) is -0.323. The van der Waals surface area contributed by atoms with E-state index in [-0.39, 0.29) is 23.2 Å². The Balaban J connectivity index is 2.34. The smallest absolute Gasteiger partial charge is 0.276 e. The summed E-state index contributed by atoms with van der Waals surface area (Å²) in [7, 11) is 0. The summed E-state index contributed by atoms with van der Waals surface area (Å²) < 4.78 is 0.